The largest absolute Gasteiger partial charge is 0.368 e. The second-order valence-electron chi connectivity index (χ2n) is 8.51. The predicted molar refractivity (Wildman–Crippen MR) is 117 cm³/mol. The Bertz CT molecular complexity index is 877. The molecule has 7 nitrogen and oxygen atoms in total. The van der Waals surface area contributed by atoms with Gasteiger partial charge < -0.3 is 29.0 Å². The molecule has 1 unspecified atom stereocenters. The fourth-order valence-electron chi connectivity index (χ4n) is 4.53. The summed E-state index contributed by atoms with van der Waals surface area (Å²) in [6.45, 7) is 5.88. The summed E-state index contributed by atoms with van der Waals surface area (Å²) >= 11 is 0. The van der Waals surface area contributed by atoms with Crippen LogP contribution in [0.1, 0.15) is 38.2 Å². The lowest BCUT2D eigenvalue weighted by atomic mass is 9.93. The van der Waals surface area contributed by atoms with Crippen LogP contribution < -0.4 is 0 Å². The first-order valence-electron chi connectivity index (χ1n) is 11.1. The van der Waals surface area contributed by atoms with Gasteiger partial charge in [-0.25, -0.2) is 0 Å². The summed E-state index contributed by atoms with van der Waals surface area (Å²) in [5, 5.41) is 10.9. The van der Waals surface area contributed by atoms with Gasteiger partial charge in [-0.05, 0) is 19.4 Å². The van der Waals surface area contributed by atoms with Gasteiger partial charge in [0.25, 0.3) is 0 Å². The Balaban J connectivity index is 1.64. The van der Waals surface area contributed by atoms with Crippen molar-refractivity contribution in [3.8, 4) is 0 Å². The van der Waals surface area contributed by atoms with Crippen molar-refractivity contribution in [3.05, 3.63) is 71.8 Å². The highest BCUT2D eigenvalue weighted by Gasteiger charge is 2.53. The van der Waals surface area contributed by atoms with Gasteiger partial charge in [0.05, 0.1) is 13.2 Å². The molecular weight excluding hydrogens is 410 g/mol. The van der Waals surface area contributed by atoms with Gasteiger partial charge in [-0.2, -0.15) is 0 Å². The van der Waals surface area contributed by atoms with Crippen molar-refractivity contribution in [3.63, 3.8) is 0 Å². The molecule has 2 aromatic rings. The zero-order chi connectivity index (χ0) is 22.7. The van der Waals surface area contributed by atoms with Gasteiger partial charge in [0, 0.05) is 18.5 Å². The Hall–Kier alpha value is -2.29. The molecule has 0 spiro atoms. The average Bonchev–Trinajstić information content (AvgIpc) is 2.79. The minimum absolute atomic E-state index is 0.153. The maximum atomic E-state index is 12.5. The van der Waals surface area contributed by atoms with E-state index < -0.39 is 36.9 Å². The van der Waals surface area contributed by atoms with Crippen LogP contribution in [0.2, 0.25) is 0 Å². The average molecular weight is 442 g/mol. The second-order valence-corrected chi connectivity index (χ2v) is 8.51. The van der Waals surface area contributed by atoms with Crippen molar-refractivity contribution in [1.29, 1.82) is 0 Å². The van der Waals surface area contributed by atoms with Crippen LogP contribution in [0, 0.1) is 0 Å². The standard InChI is InChI=1S/C25H31NO6/c1-16(2)26(17(3)27)21-23(29-14-18-10-6-4-7-11-18)22-20(31-24(21)28)15-30-25(32-22)19-12-8-5-9-13-19/h4-13,16,20-25,28H,14-15H2,1-3H3/t20-,21-,22-,23+,24-,25?/m1/s1. The summed E-state index contributed by atoms with van der Waals surface area (Å²) in [5.74, 6) is -0.161. The molecule has 0 bridgehead atoms. The lowest BCUT2D eigenvalue weighted by Gasteiger charge is -2.51. The zero-order valence-electron chi connectivity index (χ0n) is 18.7. The van der Waals surface area contributed by atoms with E-state index in [4.69, 9.17) is 18.9 Å². The minimum Gasteiger partial charge on any atom is -0.368 e. The van der Waals surface area contributed by atoms with E-state index in [2.05, 4.69) is 0 Å². The van der Waals surface area contributed by atoms with Crippen LogP contribution in [0.5, 0.6) is 0 Å². The third-order valence-electron chi connectivity index (χ3n) is 5.92. The summed E-state index contributed by atoms with van der Waals surface area (Å²) in [6.07, 6.45) is -3.44. The Morgan fingerprint density at radius 1 is 1.09 bits per heavy atom. The lowest BCUT2D eigenvalue weighted by molar-refractivity contribution is -0.352. The molecule has 32 heavy (non-hydrogen) atoms. The first kappa shape index (κ1) is 22.9. The van der Waals surface area contributed by atoms with E-state index in [1.54, 1.807) is 4.90 Å². The normalized spacial score (nSPS) is 30.0. The van der Waals surface area contributed by atoms with E-state index in [1.807, 2.05) is 74.5 Å². The van der Waals surface area contributed by atoms with E-state index in [-0.39, 0.29) is 18.6 Å². The number of fused-ring (bicyclic) bond motifs is 1. The highest BCUT2D eigenvalue weighted by atomic mass is 16.7. The van der Waals surface area contributed by atoms with Crippen molar-refractivity contribution >= 4 is 5.91 Å². The van der Waals surface area contributed by atoms with Gasteiger partial charge >= 0.3 is 0 Å². The highest BCUT2D eigenvalue weighted by Crippen LogP contribution is 2.37. The first-order chi connectivity index (χ1) is 15.5. The van der Waals surface area contributed by atoms with Crippen LogP contribution in [0.25, 0.3) is 0 Å². The Labute approximate surface area is 188 Å². The van der Waals surface area contributed by atoms with Crippen molar-refractivity contribution in [1.82, 2.24) is 4.90 Å². The third-order valence-corrected chi connectivity index (χ3v) is 5.92. The molecule has 172 valence electrons. The van der Waals surface area contributed by atoms with E-state index in [0.29, 0.717) is 6.61 Å². The fourth-order valence-corrected chi connectivity index (χ4v) is 4.53. The summed E-state index contributed by atoms with van der Waals surface area (Å²) < 4.78 is 24.5. The molecule has 0 radical (unpaired) electrons. The van der Waals surface area contributed by atoms with Gasteiger partial charge in [0.1, 0.15) is 24.4 Å². The summed E-state index contributed by atoms with van der Waals surface area (Å²) in [5.41, 5.74) is 1.89. The van der Waals surface area contributed by atoms with Gasteiger partial charge in [-0.15, -0.1) is 0 Å². The van der Waals surface area contributed by atoms with E-state index in [0.717, 1.165) is 11.1 Å². The van der Waals surface area contributed by atoms with Crippen LogP contribution in [-0.2, 0) is 30.3 Å². The SMILES string of the molecule is CC(=O)N(C(C)C)[C@@H]1[C@H](OCc2ccccc2)[C@@H]2OC(c3ccccc3)OC[C@H]2O[C@H]1O. The number of nitrogens with zero attached hydrogens (tertiary/aromatic N) is 1. The van der Waals surface area contributed by atoms with Crippen molar-refractivity contribution in [2.45, 2.75) is 70.4 Å². The molecule has 1 N–H and O–H groups in total. The topological polar surface area (TPSA) is 77.5 Å². The molecule has 2 aromatic carbocycles. The lowest BCUT2D eigenvalue weighted by Crippen LogP contribution is -2.68. The number of carbonyl (C=O) groups excluding carboxylic acids is 1. The van der Waals surface area contributed by atoms with Crippen LogP contribution >= 0.6 is 0 Å². The molecule has 6 atom stereocenters. The van der Waals surface area contributed by atoms with Crippen molar-refractivity contribution in [2.24, 2.45) is 0 Å². The number of amides is 1. The fraction of sp³-hybridized carbons (Fsp3) is 0.480. The number of carbonyl (C=O) groups is 1. The highest BCUT2D eigenvalue weighted by molar-refractivity contribution is 5.74. The number of aliphatic hydroxyl groups is 1. The molecule has 2 aliphatic heterocycles. The summed E-state index contributed by atoms with van der Waals surface area (Å²) in [4.78, 5) is 14.2. The molecule has 2 heterocycles. The molecule has 0 aromatic heterocycles. The molecule has 2 aliphatic rings. The van der Waals surface area contributed by atoms with E-state index >= 15 is 0 Å². The smallest absolute Gasteiger partial charge is 0.220 e. The van der Waals surface area contributed by atoms with Gasteiger partial charge in [0.15, 0.2) is 12.6 Å². The third kappa shape index (κ3) is 4.87. The molecule has 1 amide bonds. The molecule has 0 aliphatic carbocycles. The number of hydrogen-bond acceptors (Lipinski definition) is 6. The quantitative estimate of drug-likeness (QED) is 0.743. The number of benzene rings is 2. The monoisotopic (exact) mass is 441 g/mol. The summed E-state index contributed by atoms with van der Waals surface area (Å²) in [6, 6.07) is 18.6. The maximum Gasteiger partial charge on any atom is 0.220 e. The molecule has 2 fully saturated rings. The van der Waals surface area contributed by atoms with Gasteiger partial charge in [0.2, 0.25) is 5.91 Å². The Kier molecular flexibility index (Phi) is 7.23. The molecule has 4 rings (SSSR count). The molecular formula is C25H31NO6. The molecule has 2 saturated heterocycles. The Morgan fingerprint density at radius 2 is 1.75 bits per heavy atom. The molecule has 7 heteroatoms. The maximum absolute atomic E-state index is 12.5. The van der Waals surface area contributed by atoms with Crippen LogP contribution in [0.3, 0.4) is 0 Å². The number of hydrogen-bond donors (Lipinski definition) is 1. The number of ether oxygens (including phenoxy) is 4. The Morgan fingerprint density at radius 3 is 2.38 bits per heavy atom. The predicted octanol–water partition coefficient (Wildman–Crippen LogP) is 3.03. The van der Waals surface area contributed by atoms with E-state index in [9.17, 15) is 9.90 Å². The zero-order valence-corrected chi connectivity index (χ0v) is 18.7. The van der Waals surface area contributed by atoms with Gasteiger partial charge in [-0.3, -0.25) is 4.79 Å². The van der Waals surface area contributed by atoms with Crippen LogP contribution in [0.15, 0.2) is 60.7 Å². The molecule has 0 saturated carbocycles. The first-order valence-corrected chi connectivity index (χ1v) is 11.1. The second kappa shape index (κ2) is 10.1. The van der Waals surface area contributed by atoms with E-state index in [1.165, 1.54) is 6.92 Å². The van der Waals surface area contributed by atoms with Crippen LogP contribution in [-0.4, -0.2) is 59.2 Å². The minimum atomic E-state index is -1.22. The number of aliphatic hydroxyl groups excluding tert-OH is 1. The van der Waals surface area contributed by atoms with Gasteiger partial charge in [-0.1, -0.05) is 60.7 Å². The van der Waals surface area contributed by atoms with Crippen LogP contribution in [0.4, 0.5) is 0 Å². The van der Waals surface area contributed by atoms with Crippen molar-refractivity contribution < 1.29 is 28.8 Å². The number of rotatable bonds is 6. The van der Waals surface area contributed by atoms with Crippen molar-refractivity contribution in [2.75, 3.05) is 6.61 Å². The summed E-state index contributed by atoms with van der Waals surface area (Å²) in [7, 11) is 0.